The molecular formula is C12H20N2O2. The van der Waals surface area contributed by atoms with Crippen LogP contribution >= 0.6 is 0 Å². The summed E-state index contributed by atoms with van der Waals surface area (Å²) in [5.74, 6) is -0.754. The van der Waals surface area contributed by atoms with Gasteiger partial charge in [-0.15, -0.1) is 0 Å². The van der Waals surface area contributed by atoms with Crippen molar-refractivity contribution < 1.29 is 9.90 Å². The molecule has 1 fully saturated rings. The molecule has 0 aliphatic heterocycles. The monoisotopic (exact) mass is 224 g/mol. The van der Waals surface area contributed by atoms with Gasteiger partial charge >= 0.3 is 5.97 Å². The van der Waals surface area contributed by atoms with Crippen LogP contribution in [0.4, 0.5) is 0 Å². The zero-order chi connectivity index (χ0) is 12.2. The van der Waals surface area contributed by atoms with E-state index < -0.39 is 5.97 Å². The van der Waals surface area contributed by atoms with Crippen LogP contribution in [0, 0.1) is 16.7 Å². The van der Waals surface area contributed by atoms with Crippen molar-refractivity contribution in [3.05, 3.63) is 0 Å². The van der Waals surface area contributed by atoms with Gasteiger partial charge in [0, 0.05) is 25.6 Å². The second-order valence-electron chi connectivity index (χ2n) is 5.04. The van der Waals surface area contributed by atoms with Crippen LogP contribution in [-0.4, -0.2) is 35.1 Å². The fraction of sp³-hybridized carbons (Fsp3) is 0.833. The van der Waals surface area contributed by atoms with Crippen LogP contribution in [0.1, 0.15) is 39.5 Å². The molecule has 4 nitrogen and oxygen atoms in total. The second-order valence-corrected chi connectivity index (χ2v) is 5.04. The average molecular weight is 224 g/mol. The Hall–Kier alpha value is -1.08. The summed E-state index contributed by atoms with van der Waals surface area (Å²) in [4.78, 5) is 12.7. The lowest BCUT2D eigenvalue weighted by molar-refractivity contribution is -0.137. The van der Waals surface area contributed by atoms with E-state index in [0.29, 0.717) is 19.0 Å². The Morgan fingerprint density at radius 2 is 2.19 bits per heavy atom. The maximum absolute atomic E-state index is 10.6. The number of hydrogen-bond acceptors (Lipinski definition) is 3. The summed E-state index contributed by atoms with van der Waals surface area (Å²) in [6, 6.07) is 2.58. The molecule has 1 aliphatic rings. The molecule has 1 aliphatic carbocycles. The van der Waals surface area contributed by atoms with E-state index in [1.807, 2.05) is 0 Å². The lowest BCUT2D eigenvalue weighted by Crippen LogP contribution is -2.37. The number of aliphatic carboxylic acids is 1. The van der Waals surface area contributed by atoms with E-state index in [1.54, 1.807) is 0 Å². The number of carboxylic acids is 1. The van der Waals surface area contributed by atoms with Gasteiger partial charge in [0.1, 0.15) is 0 Å². The number of nitrogens with zero attached hydrogens (tertiary/aromatic N) is 2. The molecule has 1 N–H and O–H groups in total. The molecule has 0 unspecified atom stereocenters. The molecule has 1 saturated carbocycles. The van der Waals surface area contributed by atoms with Crippen molar-refractivity contribution in [3.63, 3.8) is 0 Å². The zero-order valence-electron chi connectivity index (χ0n) is 10.1. The number of nitriles is 1. The fourth-order valence-corrected chi connectivity index (χ4v) is 1.93. The van der Waals surface area contributed by atoms with E-state index in [9.17, 15) is 4.79 Å². The summed E-state index contributed by atoms with van der Waals surface area (Å²) in [6.45, 7) is 5.60. The highest BCUT2D eigenvalue weighted by molar-refractivity contribution is 5.66. The lowest BCUT2D eigenvalue weighted by Gasteiger charge is -2.29. The van der Waals surface area contributed by atoms with Gasteiger partial charge in [0.15, 0.2) is 0 Å². The minimum Gasteiger partial charge on any atom is -0.481 e. The van der Waals surface area contributed by atoms with Crippen molar-refractivity contribution in [3.8, 4) is 6.07 Å². The van der Waals surface area contributed by atoms with E-state index in [0.717, 1.165) is 19.4 Å². The van der Waals surface area contributed by atoms with E-state index >= 15 is 0 Å². The van der Waals surface area contributed by atoms with Gasteiger partial charge in [-0.05, 0) is 32.1 Å². The Kier molecular flexibility index (Phi) is 4.31. The van der Waals surface area contributed by atoms with E-state index in [1.165, 1.54) is 0 Å². The molecule has 1 rings (SSSR count). The molecule has 0 heterocycles. The summed E-state index contributed by atoms with van der Waals surface area (Å²) in [6.07, 6.45) is 3.00. The van der Waals surface area contributed by atoms with Gasteiger partial charge < -0.3 is 5.11 Å². The van der Waals surface area contributed by atoms with E-state index in [-0.39, 0.29) is 11.8 Å². The lowest BCUT2D eigenvalue weighted by atomic mass is 10.0. The van der Waals surface area contributed by atoms with Crippen molar-refractivity contribution in [2.24, 2.45) is 5.41 Å². The molecule has 0 aromatic heterocycles. The molecule has 90 valence electrons. The van der Waals surface area contributed by atoms with Crippen molar-refractivity contribution in [1.82, 2.24) is 4.90 Å². The van der Waals surface area contributed by atoms with Gasteiger partial charge in [0.2, 0.25) is 0 Å². The topological polar surface area (TPSA) is 64.3 Å². The number of carbonyl (C=O) groups is 1. The van der Waals surface area contributed by atoms with Gasteiger partial charge in [-0.2, -0.15) is 5.26 Å². The average Bonchev–Trinajstić information content (AvgIpc) is 2.93. The molecule has 0 radical (unpaired) electrons. The predicted octanol–water partition coefficient (Wildman–Crippen LogP) is 1.87. The van der Waals surface area contributed by atoms with Gasteiger partial charge in [-0.1, -0.05) is 0 Å². The molecule has 4 heteroatoms. The van der Waals surface area contributed by atoms with Crippen LogP contribution in [0.3, 0.4) is 0 Å². The normalized spacial score (nSPS) is 17.4. The first-order chi connectivity index (χ1) is 7.49. The fourth-order valence-electron chi connectivity index (χ4n) is 1.93. The third-order valence-corrected chi connectivity index (χ3v) is 3.29. The highest BCUT2D eigenvalue weighted by Crippen LogP contribution is 2.49. The first-order valence-corrected chi connectivity index (χ1v) is 5.82. The standard InChI is InChI=1S/C12H20N2O2/c1-10(2)14(8-3-11(15)16)9-12(4-5-12)6-7-13/h10H,3-6,8-9H2,1-2H3,(H,15,16). The van der Waals surface area contributed by atoms with Crippen molar-refractivity contribution in [2.45, 2.75) is 45.6 Å². The van der Waals surface area contributed by atoms with Crippen LogP contribution in [0.5, 0.6) is 0 Å². The Bertz CT molecular complexity index is 290. The molecule has 0 spiro atoms. The van der Waals surface area contributed by atoms with Crippen LogP contribution in [0.25, 0.3) is 0 Å². The molecule has 0 aromatic rings. The maximum Gasteiger partial charge on any atom is 0.304 e. The third kappa shape index (κ3) is 3.82. The molecule has 0 amide bonds. The summed E-state index contributed by atoms with van der Waals surface area (Å²) in [5.41, 5.74) is 0.164. The van der Waals surface area contributed by atoms with Crippen molar-refractivity contribution in [2.75, 3.05) is 13.1 Å². The van der Waals surface area contributed by atoms with Gasteiger partial charge in [0.05, 0.1) is 12.5 Å². The first kappa shape index (κ1) is 13.0. The van der Waals surface area contributed by atoms with Crippen LogP contribution in [-0.2, 0) is 4.79 Å². The largest absolute Gasteiger partial charge is 0.481 e. The Morgan fingerprint density at radius 1 is 1.56 bits per heavy atom. The Balaban J connectivity index is 2.45. The van der Waals surface area contributed by atoms with Crippen LogP contribution < -0.4 is 0 Å². The Morgan fingerprint density at radius 3 is 2.56 bits per heavy atom. The van der Waals surface area contributed by atoms with Crippen molar-refractivity contribution >= 4 is 5.97 Å². The summed E-state index contributed by atoms with van der Waals surface area (Å²) >= 11 is 0. The summed E-state index contributed by atoms with van der Waals surface area (Å²) in [5, 5.41) is 17.4. The first-order valence-electron chi connectivity index (χ1n) is 5.82. The van der Waals surface area contributed by atoms with Gasteiger partial charge in [0.25, 0.3) is 0 Å². The Labute approximate surface area is 96.9 Å². The van der Waals surface area contributed by atoms with E-state index in [4.69, 9.17) is 10.4 Å². The minimum atomic E-state index is -0.754. The second kappa shape index (κ2) is 5.31. The zero-order valence-corrected chi connectivity index (χ0v) is 10.1. The highest BCUT2D eigenvalue weighted by atomic mass is 16.4. The smallest absolute Gasteiger partial charge is 0.304 e. The highest BCUT2D eigenvalue weighted by Gasteiger charge is 2.43. The quantitative estimate of drug-likeness (QED) is 0.717. The maximum atomic E-state index is 10.6. The summed E-state index contributed by atoms with van der Waals surface area (Å²) < 4.78 is 0. The molecular weight excluding hydrogens is 204 g/mol. The molecule has 0 bridgehead atoms. The molecule has 0 atom stereocenters. The molecule has 16 heavy (non-hydrogen) atoms. The molecule has 0 aromatic carbocycles. The van der Waals surface area contributed by atoms with E-state index in [2.05, 4.69) is 24.8 Å². The van der Waals surface area contributed by atoms with Gasteiger partial charge in [-0.25, -0.2) is 0 Å². The third-order valence-electron chi connectivity index (χ3n) is 3.29. The minimum absolute atomic E-state index is 0.164. The SMILES string of the molecule is CC(C)N(CCC(=O)O)CC1(CC#N)CC1. The predicted molar refractivity (Wildman–Crippen MR) is 60.9 cm³/mol. The van der Waals surface area contributed by atoms with Crippen molar-refractivity contribution in [1.29, 1.82) is 5.26 Å². The molecule has 0 saturated heterocycles. The van der Waals surface area contributed by atoms with Crippen LogP contribution in [0.15, 0.2) is 0 Å². The number of rotatable bonds is 7. The number of hydrogen-bond donors (Lipinski definition) is 1. The van der Waals surface area contributed by atoms with Crippen LogP contribution in [0.2, 0.25) is 0 Å². The van der Waals surface area contributed by atoms with Gasteiger partial charge in [-0.3, -0.25) is 9.69 Å². The number of carboxylic acid groups (broad SMARTS) is 1. The summed E-state index contributed by atoms with van der Waals surface area (Å²) in [7, 11) is 0.